The zero-order valence-corrected chi connectivity index (χ0v) is 12.3. The van der Waals surface area contributed by atoms with Crippen molar-refractivity contribution in [1.29, 1.82) is 0 Å². The first-order valence-electron chi connectivity index (χ1n) is 7.13. The molecule has 1 aliphatic heterocycles. The van der Waals surface area contributed by atoms with Crippen molar-refractivity contribution in [3.8, 4) is 5.75 Å². The molecule has 6 nitrogen and oxygen atoms in total. The molecule has 0 radical (unpaired) electrons. The fraction of sp³-hybridized carbons (Fsp3) is 0.467. The minimum absolute atomic E-state index is 0.0480. The molecule has 3 N–H and O–H groups in total. The molecular weight excluding hydrogens is 270 g/mol. The summed E-state index contributed by atoms with van der Waals surface area (Å²) in [7, 11) is 0. The quantitative estimate of drug-likeness (QED) is 0.746. The monoisotopic (exact) mass is 291 g/mol. The highest BCUT2D eigenvalue weighted by atomic mass is 16.3. The van der Waals surface area contributed by atoms with Gasteiger partial charge in [-0.25, -0.2) is 0 Å². The normalized spacial score (nSPS) is 18.4. The fourth-order valence-electron chi connectivity index (χ4n) is 2.45. The van der Waals surface area contributed by atoms with Crippen LogP contribution in [0.4, 0.5) is 0 Å². The lowest BCUT2D eigenvalue weighted by molar-refractivity contribution is -0.126. The molecule has 0 bridgehead atoms. The van der Waals surface area contributed by atoms with Crippen LogP contribution in [0.5, 0.6) is 5.75 Å². The number of piperazine rings is 1. The molecule has 1 unspecified atom stereocenters. The van der Waals surface area contributed by atoms with Crippen LogP contribution in [-0.4, -0.2) is 54.0 Å². The average molecular weight is 291 g/mol. The lowest BCUT2D eigenvalue weighted by Crippen LogP contribution is -2.59. The van der Waals surface area contributed by atoms with E-state index in [1.807, 2.05) is 13.8 Å². The van der Waals surface area contributed by atoms with E-state index in [2.05, 4.69) is 10.6 Å². The van der Waals surface area contributed by atoms with E-state index in [4.69, 9.17) is 0 Å². The van der Waals surface area contributed by atoms with Crippen LogP contribution in [0.3, 0.4) is 0 Å². The maximum atomic E-state index is 12.6. The van der Waals surface area contributed by atoms with Gasteiger partial charge in [-0.1, -0.05) is 6.07 Å². The predicted octanol–water partition coefficient (Wildman–Crippen LogP) is 0.251. The molecule has 1 aliphatic rings. The Labute approximate surface area is 124 Å². The van der Waals surface area contributed by atoms with E-state index in [0.717, 1.165) is 5.56 Å². The van der Waals surface area contributed by atoms with E-state index in [-0.39, 0.29) is 23.1 Å². The molecule has 1 heterocycles. The lowest BCUT2D eigenvalue weighted by atomic mass is 10.1. The Morgan fingerprint density at radius 1 is 1.48 bits per heavy atom. The number of aryl methyl sites for hydroxylation is 1. The van der Waals surface area contributed by atoms with Crippen molar-refractivity contribution in [2.45, 2.75) is 19.9 Å². The zero-order chi connectivity index (χ0) is 15.4. The molecule has 1 fully saturated rings. The Hall–Kier alpha value is -2.08. The van der Waals surface area contributed by atoms with Crippen molar-refractivity contribution in [3.05, 3.63) is 29.3 Å². The van der Waals surface area contributed by atoms with Gasteiger partial charge in [0.15, 0.2) is 0 Å². The summed E-state index contributed by atoms with van der Waals surface area (Å²) in [4.78, 5) is 26.2. The molecule has 0 saturated carbocycles. The van der Waals surface area contributed by atoms with Gasteiger partial charge in [0.1, 0.15) is 11.8 Å². The minimum atomic E-state index is -0.549. The van der Waals surface area contributed by atoms with Crippen LogP contribution in [0.15, 0.2) is 18.2 Å². The summed E-state index contributed by atoms with van der Waals surface area (Å²) in [6.45, 7) is 5.70. The first-order chi connectivity index (χ1) is 10.0. The predicted molar refractivity (Wildman–Crippen MR) is 79.2 cm³/mol. The number of nitrogens with zero attached hydrogens (tertiary/aromatic N) is 1. The van der Waals surface area contributed by atoms with Gasteiger partial charge in [0.05, 0.1) is 5.56 Å². The Balaban J connectivity index is 2.24. The number of benzene rings is 1. The first kappa shape index (κ1) is 15.3. The van der Waals surface area contributed by atoms with Gasteiger partial charge < -0.3 is 20.6 Å². The van der Waals surface area contributed by atoms with Crippen LogP contribution >= 0.6 is 0 Å². The van der Waals surface area contributed by atoms with Gasteiger partial charge in [-0.3, -0.25) is 9.59 Å². The van der Waals surface area contributed by atoms with Crippen LogP contribution in [0, 0.1) is 6.92 Å². The van der Waals surface area contributed by atoms with Crippen LogP contribution in [0.25, 0.3) is 0 Å². The van der Waals surface area contributed by atoms with E-state index in [1.54, 1.807) is 18.2 Å². The molecule has 21 heavy (non-hydrogen) atoms. The Morgan fingerprint density at radius 3 is 2.90 bits per heavy atom. The maximum Gasteiger partial charge on any atom is 0.258 e. The number of nitrogens with one attached hydrogen (secondary N) is 2. The van der Waals surface area contributed by atoms with E-state index in [1.165, 1.54) is 4.90 Å². The number of rotatable bonds is 3. The van der Waals surface area contributed by atoms with Crippen molar-refractivity contribution in [2.24, 2.45) is 0 Å². The number of carbonyl (C=O) groups is 2. The van der Waals surface area contributed by atoms with E-state index < -0.39 is 6.04 Å². The van der Waals surface area contributed by atoms with Gasteiger partial charge >= 0.3 is 0 Å². The molecule has 1 atom stereocenters. The molecule has 2 amide bonds. The number of amides is 2. The third kappa shape index (κ3) is 3.33. The summed E-state index contributed by atoms with van der Waals surface area (Å²) >= 11 is 0. The van der Waals surface area contributed by atoms with Crippen LogP contribution < -0.4 is 10.6 Å². The van der Waals surface area contributed by atoms with E-state index in [0.29, 0.717) is 26.2 Å². The molecule has 1 aromatic carbocycles. The number of hydrogen-bond acceptors (Lipinski definition) is 4. The summed E-state index contributed by atoms with van der Waals surface area (Å²) in [6, 6.07) is 4.38. The molecular formula is C15H21N3O3. The smallest absolute Gasteiger partial charge is 0.258 e. The summed E-state index contributed by atoms with van der Waals surface area (Å²) in [5.74, 6) is -0.539. The van der Waals surface area contributed by atoms with Gasteiger partial charge in [-0.2, -0.15) is 0 Å². The number of carbonyl (C=O) groups excluding carboxylic acids is 2. The zero-order valence-electron chi connectivity index (χ0n) is 12.3. The average Bonchev–Trinajstić information content (AvgIpc) is 2.47. The topological polar surface area (TPSA) is 81.7 Å². The molecule has 0 aromatic heterocycles. The lowest BCUT2D eigenvalue weighted by Gasteiger charge is -2.35. The summed E-state index contributed by atoms with van der Waals surface area (Å²) in [5, 5.41) is 15.8. The molecule has 6 heteroatoms. The van der Waals surface area contributed by atoms with E-state index >= 15 is 0 Å². The van der Waals surface area contributed by atoms with Gasteiger partial charge in [0, 0.05) is 26.2 Å². The number of likely N-dealkylation sites (N-methyl/N-ethyl adjacent to an activating group) is 1. The van der Waals surface area contributed by atoms with Crippen molar-refractivity contribution in [2.75, 3.05) is 26.2 Å². The van der Waals surface area contributed by atoms with Crippen molar-refractivity contribution in [1.82, 2.24) is 15.5 Å². The number of aromatic hydroxyl groups is 1. The van der Waals surface area contributed by atoms with Crippen molar-refractivity contribution < 1.29 is 14.7 Å². The summed E-state index contributed by atoms with van der Waals surface area (Å²) in [5.41, 5.74) is 1.11. The fourth-order valence-corrected chi connectivity index (χ4v) is 2.45. The Morgan fingerprint density at radius 2 is 2.24 bits per heavy atom. The van der Waals surface area contributed by atoms with Crippen LogP contribution in [-0.2, 0) is 4.79 Å². The number of phenolic OH excluding ortho intramolecular Hbond substituents is 1. The van der Waals surface area contributed by atoms with Crippen LogP contribution in [0.2, 0.25) is 0 Å². The minimum Gasteiger partial charge on any atom is -0.507 e. The summed E-state index contributed by atoms with van der Waals surface area (Å²) < 4.78 is 0. The molecule has 0 spiro atoms. The SMILES string of the molecule is CCNC(=O)C1CNCCN1C(=O)c1ccc(C)cc1O. The summed E-state index contributed by atoms with van der Waals surface area (Å²) in [6.07, 6.45) is 0. The second-order valence-corrected chi connectivity index (χ2v) is 5.13. The molecule has 2 rings (SSSR count). The third-order valence-corrected chi connectivity index (χ3v) is 3.54. The van der Waals surface area contributed by atoms with Gasteiger partial charge in [-0.15, -0.1) is 0 Å². The number of hydrogen-bond donors (Lipinski definition) is 3. The second kappa shape index (κ2) is 6.58. The van der Waals surface area contributed by atoms with Crippen molar-refractivity contribution >= 4 is 11.8 Å². The van der Waals surface area contributed by atoms with Gasteiger partial charge in [0.2, 0.25) is 5.91 Å². The molecule has 0 aliphatic carbocycles. The molecule has 1 saturated heterocycles. The number of phenols is 1. The van der Waals surface area contributed by atoms with Gasteiger partial charge in [0.25, 0.3) is 5.91 Å². The van der Waals surface area contributed by atoms with Crippen molar-refractivity contribution in [3.63, 3.8) is 0 Å². The standard InChI is InChI=1S/C15H21N3O3/c1-3-17-14(20)12-9-16-6-7-18(12)15(21)11-5-4-10(2)8-13(11)19/h4-5,8,12,16,19H,3,6-7,9H2,1-2H3,(H,17,20). The van der Waals surface area contributed by atoms with E-state index in [9.17, 15) is 14.7 Å². The first-order valence-corrected chi connectivity index (χ1v) is 7.13. The second-order valence-electron chi connectivity index (χ2n) is 5.13. The highest BCUT2D eigenvalue weighted by Crippen LogP contribution is 2.21. The highest BCUT2D eigenvalue weighted by molar-refractivity contribution is 5.99. The molecule has 1 aromatic rings. The highest BCUT2D eigenvalue weighted by Gasteiger charge is 2.33. The third-order valence-electron chi connectivity index (χ3n) is 3.54. The van der Waals surface area contributed by atoms with Crippen LogP contribution in [0.1, 0.15) is 22.8 Å². The Bertz CT molecular complexity index is 545. The molecule has 114 valence electrons. The van der Waals surface area contributed by atoms with Gasteiger partial charge in [-0.05, 0) is 31.5 Å². The maximum absolute atomic E-state index is 12.6. The Kier molecular flexibility index (Phi) is 4.80. The largest absolute Gasteiger partial charge is 0.507 e.